The van der Waals surface area contributed by atoms with Crippen LogP contribution in [0.4, 0.5) is 0 Å². The van der Waals surface area contributed by atoms with Gasteiger partial charge in [-0.2, -0.15) is 0 Å². The van der Waals surface area contributed by atoms with Gasteiger partial charge < -0.3 is 5.32 Å². The Morgan fingerprint density at radius 2 is 1.95 bits per heavy atom. The van der Waals surface area contributed by atoms with Crippen LogP contribution >= 0.6 is 10.7 Å². The Morgan fingerprint density at radius 3 is 2.47 bits per heavy atom. The summed E-state index contributed by atoms with van der Waals surface area (Å²) in [5, 5.41) is 2.83. The summed E-state index contributed by atoms with van der Waals surface area (Å²) in [7, 11) is 1.44. The molecule has 106 valence electrons. The molecule has 1 atom stereocenters. The third-order valence-electron chi connectivity index (χ3n) is 2.58. The van der Waals surface area contributed by atoms with Crippen molar-refractivity contribution in [3.05, 3.63) is 29.8 Å². The SMILES string of the molecule is CC(C)CC(C)NC(=O)c1cccc(S(=O)(=O)Cl)c1. The third-order valence-corrected chi connectivity index (χ3v) is 3.93. The maximum Gasteiger partial charge on any atom is 0.261 e. The van der Waals surface area contributed by atoms with E-state index in [1.807, 2.05) is 6.92 Å². The van der Waals surface area contributed by atoms with Gasteiger partial charge in [-0.05, 0) is 37.5 Å². The lowest BCUT2D eigenvalue weighted by atomic mass is 10.0. The maximum absolute atomic E-state index is 12.0. The molecule has 0 heterocycles. The molecule has 19 heavy (non-hydrogen) atoms. The van der Waals surface area contributed by atoms with E-state index in [0.29, 0.717) is 5.92 Å². The molecule has 0 aromatic heterocycles. The molecule has 1 amide bonds. The molecule has 0 spiro atoms. The summed E-state index contributed by atoms with van der Waals surface area (Å²) >= 11 is 0. The number of carbonyl (C=O) groups is 1. The molecule has 6 heteroatoms. The van der Waals surface area contributed by atoms with Gasteiger partial charge in [0, 0.05) is 22.3 Å². The molecular weight excluding hydrogens is 286 g/mol. The number of carbonyl (C=O) groups excluding carboxylic acids is 1. The highest BCUT2D eigenvalue weighted by atomic mass is 35.7. The zero-order chi connectivity index (χ0) is 14.6. The third kappa shape index (κ3) is 5.20. The molecule has 0 saturated carbocycles. The number of hydrogen-bond acceptors (Lipinski definition) is 3. The molecule has 1 aromatic rings. The van der Waals surface area contributed by atoms with Crippen molar-refractivity contribution in [2.75, 3.05) is 0 Å². The lowest BCUT2D eigenvalue weighted by Crippen LogP contribution is -2.33. The summed E-state index contributed by atoms with van der Waals surface area (Å²) < 4.78 is 22.4. The van der Waals surface area contributed by atoms with Crippen molar-refractivity contribution in [1.29, 1.82) is 0 Å². The number of amides is 1. The van der Waals surface area contributed by atoms with E-state index in [-0.39, 0.29) is 22.4 Å². The van der Waals surface area contributed by atoms with Crippen LogP contribution in [0.25, 0.3) is 0 Å². The first-order valence-electron chi connectivity index (χ1n) is 6.05. The van der Waals surface area contributed by atoms with E-state index in [9.17, 15) is 13.2 Å². The second kappa shape index (κ2) is 6.39. The van der Waals surface area contributed by atoms with Crippen molar-refractivity contribution < 1.29 is 13.2 Å². The van der Waals surface area contributed by atoms with Crippen LogP contribution in [0, 0.1) is 5.92 Å². The van der Waals surface area contributed by atoms with Crippen LogP contribution in [0.3, 0.4) is 0 Å². The summed E-state index contributed by atoms with van der Waals surface area (Å²) in [6, 6.07) is 5.72. The lowest BCUT2D eigenvalue weighted by molar-refractivity contribution is 0.0936. The van der Waals surface area contributed by atoms with Gasteiger partial charge in [-0.1, -0.05) is 19.9 Å². The topological polar surface area (TPSA) is 63.2 Å². The predicted octanol–water partition coefficient (Wildman–Crippen LogP) is 2.78. The molecule has 1 unspecified atom stereocenters. The van der Waals surface area contributed by atoms with Crippen LogP contribution in [-0.2, 0) is 9.05 Å². The van der Waals surface area contributed by atoms with Gasteiger partial charge in [0.1, 0.15) is 0 Å². The molecule has 0 radical (unpaired) electrons. The first kappa shape index (κ1) is 16.0. The molecule has 0 saturated heterocycles. The minimum Gasteiger partial charge on any atom is -0.350 e. The fourth-order valence-electron chi connectivity index (χ4n) is 1.86. The predicted molar refractivity (Wildman–Crippen MR) is 75.9 cm³/mol. The Bertz CT molecular complexity index is 555. The monoisotopic (exact) mass is 303 g/mol. The summed E-state index contributed by atoms with van der Waals surface area (Å²) in [6.45, 7) is 6.06. The molecule has 1 N–H and O–H groups in total. The van der Waals surface area contributed by atoms with E-state index in [4.69, 9.17) is 10.7 Å². The van der Waals surface area contributed by atoms with Gasteiger partial charge in [0.2, 0.25) is 0 Å². The van der Waals surface area contributed by atoms with Gasteiger partial charge in [-0.15, -0.1) is 0 Å². The van der Waals surface area contributed by atoms with Crippen LogP contribution in [0.1, 0.15) is 37.6 Å². The Balaban J connectivity index is 2.84. The first-order valence-corrected chi connectivity index (χ1v) is 8.36. The Labute approximate surface area is 118 Å². The standard InChI is InChI=1S/C13H18ClNO3S/c1-9(2)7-10(3)15-13(16)11-5-4-6-12(8-11)19(14,17)18/h4-6,8-10H,7H2,1-3H3,(H,15,16). The molecule has 1 aromatic carbocycles. The highest BCUT2D eigenvalue weighted by molar-refractivity contribution is 8.13. The van der Waals surface area contributed by atoms with E-state index in [0.717, 1.165) is 6.42 Å². The highest BCUT2D eigenvalue weighted by Crippen LogP contribution is 2.16. The van der Waals surface area contributed by atoms with Crippen LogP contribution < -0.4 is 5.32 Å². The molecule has 1 rings (SSSR count). The molecule has 0 bridgehead atoms. The summed E-state index contributed by atoms with van der Waals surface area (Å²) in [6.07, 6.45) is 0.860. The quantitative estimate of drug-likeness (QED) is 0.851. The van der Waals surface area contributed by atoms with Crippen LogP contribution in [-0.4, -0.2) is 20.4 Å². The molecular formula is C13H18ClNO3S. The lowest BCUT2D eigenvalue weighted by Gasteiger charge is -2.16. The highest BCUT2D eigenvalue weighted by Gasteiger charge is 2.15. The van der Waals surface area contributed by atoms with Crippen LogP contribution in [0.2, 0.25) is 0 Å². The minimum absolute atomic E-state index is 0.0313. The Morgan fingerprint density at radius 1 is 1.32 bits per heavy atom. The smallest absolute Gasteiger partial charge is 0.261 e. The average molecular weight is 304 g/mol. The van der Waals surface area contributed by atoms with Crippen molar-refractivity contribution in [3.63, 3.8) is 0 Å². The molecule has 0 aliphatic rings. The van der Waals surface area contributed by atoms with Crippen LogP contribution in [0.5, 0.6) is 0 Å². The number of halogens is 1. The number of hydrogen-bond donors (Lipinski definition) is 1. The zero-order valence-corrected chi connectivity index (χ0v) is 12.8. The van der Waals surface area contributed by atoms with Gasteiger partial charge >= 0.3 is 0 Å². The first-order chi connectivity index (χ1) is 8.70. The number of benzene rings is 1. The van der Waals surface area contributed by atoms with E-state index in [1.54, 1.807) is 6.07 Å². The molecule has 0 aliphatic carbocycles. The van der Waals surface area contributed by atoms with E-state index in [2.05, 4.69) is 19.2 Å². The fraction of sp³-hybridized carbons (Fsp3) is 0.462. The van der Waals surface area contributed by atoms with Gasteiger partial charge in [0.15, 0.2) is 0 Å². The second-order valence-electron chi connectivity index (χ2n) is 4.97. The largest absolute Gasteiger partial charge is 0.350 e. The van der Waals surface area contributed by atoms with Crippen molar-refractivity contribution in [2.24, 2.45) is 5.92 Å². The van der Waals surface area contributed by atoms with Gasteiger partial charge in [0.05, 0.1) is 4.90 Å². The average Bonchev–Trinajstić information content (AvgIpc) is 2.26. The van der Waals surface area contributed by atoms with E-state index >= 15 is 0 Å². The van der Waals surface area contributed by atoms with E-state index < -0.39 is 9.05 Å². The summed E-state index contributed by atoms with van der Waals surface area (Å²) in [5.41, 5.74) is 0.289. The van der Waals surface area contributed by atoms with Gasteiger partial charge in [-0.3, -0.25) is 4.79 Å². The normalized spacial score (nSPS) is 13.3. The number of rotatable bonds is 5. The molecule has 0 fully saturated rings. The van der Waals surface area contributed by atoms with Crippen LogP contribution in [0.15, 0.2) is 29.2 Å². The van der Waals surface area contributed by atoms with Crippen molar-refractivity contribution in [3.8, 4) is 0 Å². The van der Waals surface area contributed by atoms with Crippen molar-refractivity contribution >= 4 is 25.6 Å². The minimum atomic E-state index is -3.81. The Hall–Kier alpha value is -1.07. The molecule has 4 nitrogen and oxygen atoms in total. The van der Waals surface area contributed by atoms with Gasteiger partial charge in [-0.25, -0.2) is 8.42 Å². The maximum atomic E-state index is 12.0. The number of nitrogens with one attached hydrogen (secondary N) is 1. The zero-order valence-electron chi connectivity index (χ0n) is 11.2. The fourth-order valence-corrected chi connectivity index (χ4v) is 2.66. The Kier molecular flexibility index (Phi) is 5.38. The van der Waals surface area contributed by atoms with Crippen molar-refractivity contribution in [1.82, 2.24) is 5.32 Å². The summed E-state index contributed by atoms with van der Waals surface area (Å²) in [4.78, 5) is 11.9. The van der Waals surface area contributed by atoms with Crippen molar-refractivity contribution in [2.45, 2.75) is 38.1 Å². The second-order valence-corrected chi connectivity index (χ2v) is 7.54. The van der Waals surface area contributed by atoms with E-state index in [1.165, 1.54) is 18.2 Å². The van der Waals surface area contributed by atoms with Gasteiger partial charge in [0.25, 0.3) is 15.0 Å². The summed E-state index contributed by atoms with van der Waals surface area (Å²) in [5.74, 6) is 0.181. The molecule has 0 aliphatic heterocycles.